The van der Waals surface area contributed by atoms with Gasteiger partial charge in [-0.1, -0.05) is 23.5 Å². The first-order valence-electron chi connectivity index (χ1n) is 10.5. The molecule has 1 N–H and O–H groups in total. The molecule has 1 aromatic carbocycles. The molecule has 0 spiro atoms. The lowest BCUT2D eigenvalue weighted by atomic mass is 10.2. The predicted molar refractivity (Wildman–Crippen MR) is 129 cm³/mol. The van der Waals surface area contributed by atoms with E-state index in [0.717, 1.165) is 33.7 Å². The summed E-state index contributed by atoms with van der Waals surface area (Å²) in [5.74, 6) is 1.14. The van der Waals surface area contributed by atoms with Crippen LogP contribution < -0.4 is 10.1 Å². The number of carbonyl (C=O) groups excluding carboxylic acids is 3. The number of hydrogen-bond acceptors (Lipinski definition) is 9. The van der Waals surface area contributed by atoms with Gasteiger partial charge in [0.2, 0.25) is 11.8 Å². The first-order valence-corrected chi connectivity index (χ1v) is 12.5. The van der Waals surface area contributed by atoms with Gasteiger partial charge in [-0.25, -0.2) is 0 Å². The summed E-state index contributed by atoms with van der Waals surface area (Å²) < 4.78 is 7.40. The van der Waals surface area contributed by atoms with Gasteiger partial charge in [0.1, 0.15) is 5.75 Å². The van der Waals surface area contributed by atoms with Gasteiger partial charge in [0, 0.05) is 36.7 Å². The van der Waals surface area contributed by atoms with Crippen LogP contribution in [0.4, 0.5) is 4.79 Å². The Morgan fingerprint density at radius 2 is 2.03 bits per heavy atom. The average Bonchev–Trinajstić information content (AvgIpc) is 3.42. The summed E-state index contributed by atoms with van der Waals surface area (Å²) in [6.45, 7) is 2.86. The minimum absolute atomic E-state index is 0.0961. The Bertz CT molecular complexity index is 1150. The van der Waals surface area contributed by atoms with Gasteiger partial charge in [-0.3, -0.25) is 28.8 Å². The lowest BCUT2D eigenvalue weighted by Gasteiger charge is -2.13. The van der Waals surface area contributed by atoms with E-state index in [1.54, 1.807) is 12.4 Å². The molecule has 2 aromatic heterocycles. The van der Waals surface area contributed by atoms with Gasteiger partial charge in [-0.05, 0) is 43.3 Å². The molecular formula is C22H22N6O4S2. The number of nitrogens with one attached hydrogen (secondary N) is 1. The third-order valence-electron chi connectivity index (χ3n) is 4.79. The fraction of sp³-hybridized carbons (Fsp3) is 0.273. The second-order valence-corrected chi connectivity index (χ2v) is 8.92. The molecule has 0 bridgehead atoms. The number of thioether (sulfide) groups is 2. The molecular weight excluding hydrogens is 476 g/mol. The van der Waals surface area contributed by atoms with Gasteiger partial charge in [-0.2, -0.15) is 0 Å². The molecule has 0 aliphatic carbocycles. The molecule has 176 valence electrons. The van der Waals surface area contributed by atoms with E-state index in [0.29, 0.717) is 17.6 Å². The topological polar surface area (TPSA) is 119 Å². The number of imide groups is 1. The van der Waals surface area contributed by atoms with E-state index in [-0.39, 0.29) is 41.6 Å². The molecule has 1 fully saturated rings. The lowest BCUT2D eigenvalue weighted by molar-refractivity contribution is -0.125. The second-order valence-electron chi connectivity index (χ2n) is 7.05. The van der Waals surface area contributed by atoms with Crippen LogP contribution in [0.5, 0.6) is 5.75 Å². The summed E-state index contributed by atoms with van der Waals surface area (Å²) in [5.41, 5.74) is 1.61. The molecule has 10 nitrogen and oxygen atoms in total. The number of hydrogen-bond donors (Lipinski definition) is 1. The molecule has 1 saturated heterocycles. The van der Waals surface area contributed by atoms with E-state index in [1.807, 2.05) is 47.9 Å². The molecule has 34 heavy (non-hydrogen) atoms. The van der Waals surface area contributed by atoms with Crippen molar-refractivity contribution >= 4 is 40.6 Å². The number of aromatic nitrogens is 4. The van der Waals surface area contributed by atoms with Crippen LogP contribution in [0.15, 0.2) is 53.9 Å². The SMILES string of the molecule is CCOc1ccc(-n2c(SCC(=O)NCCN3C(=O)CSC3=O)nnc2-c2cccnc2)cc1. The predicted octanol–water partition coefficient (Wildman–Crippen LogP) is 2.63. The van der Waals surface area contributed by atoms with Crippen molar-refractivity contribution in [3.63, 3.8) is 0 Å². The van der Waals surface area contributed by atoms with Crippen LogP contribution in [0, 0.1) is 0 Å². The third kappa shape index (κ3) is 5.57. The Hall–Kier alpha value is -3.38. The van der Waals surface area contributed by atoms with Crippen molar-refractivity contribution < 1.29 is 19.1 Å². The molecule has 0 unspecified atom stereocenters. The van der Waals surface area contributed by atoms with Gasteiger partial charge < -0.3 is 10.1 Å². The van der Waals surface area contributed by atoms with Crippen molar-refractivity contribution in [2.75, 3.05) is 31.2 Å². The Morgan fingerprint density at radius 1 is 1.21 bits per heavy atom. The van der Waals surface area contributed by atoms with Crippen molar-refractivity contribution in [2.24, 2.45) is 0 Å². The van der Waals surface area contributed by atoms with Crippen LogP contribution in [0.3, 0.4) is 0 Å². The maximum atomic E-state index is 12.4. The molecule has 0 atom stereocenters. The molecule has 3 amide bonds. The highest BCUT2D eigenvalue weighted by Crippen LogP contribution is 2.28. The van der Waals surface area contributed by atoms with E-state index in [4.69, 9.17) is 4.74 Å². The normalized spacial score (nSPS) is 13.4. The average molecular weight is 499 g/mol. The van der Waals surface area contributed by atoms with Gasteiger partial charge in [-0.15, -0.1) is 10.2 Å². The maximum Gasteiger partial charge on any atom is 0.288 e. The first-order chi connectivity index (χ1) is 16.6. The molecule has 3 heterocycles. The van der Waals surface area contributed by atoms with Gasteiger partial charge in [0.05, 0.1) is 18.1 Å². The molecule has 4 rings (SSSR count). The molecule has 0 saturated carbocycles. The van der Waals surface area contributed by atoms with Crippen LogP contribution in [0.1, 0.15) is 6.92 Å². The standard InChI is InChI=1S/C22H22N6O4S2/c1-2-32-17-7-5-16(6-8-17)28-20(15-4-3-9-23-12-15)25-26-21(28)33-13-18(29)24-10-11-27-19(30)14-34-22(27)31/h3-9,12H,2,10-11,13-14H2,1H3,(H,24,29). The van der Waals surface area contributed by atoms with Crippen molar-refractivity contribution in [3.8, 4) is 22.8 Å². The van der Waals surface area contributed by atoms with E-state index in [2.05, 4.69) is 20.5 Å². The van der Waals surface area contributed by atoms with Crippen LogP contribution in [-0.4, -0.2) is 72.9 Å². The number of pyridine rings is 1. The summed E-state index contributed by atoms with van der Waals surface area (Å²) in [4.78, 5) is 41.0. The molecule has 1 aliphatic heterocycles. The Balaban J connectivity index is 1.46. The van der Waals surface area contributed by atoms with Crippen molar-refractivity contribution in [2.45, 2.75) is 12.1 Å². The third-order valence-corrected chi connectivity index (χ3v) is 6.58. The highest BCUT2D eigenvalue weighted by Gasteiger charge is 2.29. The zero-order chi connectivity index (χ0) is 23.9. The Labute approximate surface area is 204 Å². The summed E-state index contributed by atoms with van der Waals surface area (Å²) in [7, 11) is 0. The quantitative estimate of drug-likeness (QED) is 0.421. The van der Waals surface area contributed by atoms with E-state index < -0.39 is 0 Å². The Kier molecular flexibility index (Phi) is 7.80. The smallest absolute Gasteiger partial charge is 0.288 e. The fourth-order valence-corrected chi connectivity index (χ4v) is 4.76. The Morgan fingerprint density at radius 3 is 2.71 bits per heavy atom. The van der Waals surface area contributed by atoms with Crippen molar-refractivity contribution in [1.29, 1.82) is 0 Å². The van der Waals surface area contributed by atoms with Gasteiger partial charge >= 0.3 is 0 Å². The van der Waals surface area contributed by atoms with Crippen LogP contribution in [-0.2, 0) is 9.59 Å². The van der Waals surface area contributed by atoms with Gasteiger partial charge in [0.15, 0.2) is 11.0 Å². The minimum Gasteiger partial charge on any atom is -0.494 e. The number of carbonyl (C=O) groups is 3. The second kappa shape index (κ2) is 11.2. The highest BCUT2D eigenvalue weighted by atomic mass is 32.2. The summed E-state index contributed by atoms with van der Waals surface area (Å²) in [5, 5.41) is 11.6. The van der Waals surface area contributed by atoms with Gasteiger partial charge in [0.25, 0.3) is 5.24 Å². The van der Waals surface area contributed by atoms with Crippen molar-refractivity contribution in [1.82, 2.24) is 30.0 Å². The molecule has 0 radical (unpaired) electrons. The summed E-state index contributed by atoms with van der Waals surface area (Å²) in [6, 6.07) is 11.3. The molecule has 12 heteroatoms. The number of ether oxygens (including phenoxy) is 1. The lowest BCUT2D eigenvalue weighted by Crippen LogP contribution is -2.38. The number of benzene rings is 1. The number of amides is 3. The van der Waals surface area contributed by atoms with Crippen molar-refractivity contribution in [3.05, 3.63) is 48.8 Å². The molecule has 3 aromatic rings. The maximum absolute atomic E-state index is 12.4. The zero-order valence-corrected chi connectivity index (χ0v) is 20.0. The van der Waals surface area contributed by atoms with Crippen LogP contribution in [0.25, 0.3) is 17.1 Å². The zero-order valence-electron chi connectivity index (χ0n) is 18.3. The number of rotatable bonds is 10. The minimum atomic E-state index is -0.278. The number of nitrogens with zero attached hydrogens (tertiary/aromatic N) is 5. The monoisotopic (exact) mass is 498 g/mol. The highest BCUT2D eigenvalue weighted by molar-refractivity contribution is 8.14. The first kappa shape index (κ1) is 23.8. The van der Waals surface area contributed by atoms with E-state index >= 15 is 0 Å². The summed E-state index contributed by atoms with van der Waals surface area (Å²) in [6.07, 6.45) is 3.39. The van der Waals surface area contributed by atoms with Crippen LogP contribution in [0.2, 0.25) is 0 Å². The van der Waals surface area contributed by atoms with Crippen LogP contribution >= 0.6 is 23.5 Å². The van der Waals surface area contributed by atoms with E-state index in [9.17, 15) is 14.4 Å². The largest absolute Gasteiger partial charge is 0.494 e. The van der Waals surface area contributed by atoms with E-state index in [1.165, 1.54) is 11.8 Å². The summed E-state index contributed by atoms with van der Waals surface area (Å²) >= 11 is 2.21. The molecule has 1 aliphatic rings. The fourth-order valence-electron chi connectivity index (χ4n) is 3.22.